The molecule has 0 radical (unpaired) electrons. The van der Waals surface area contributed by atoms with Crippen LogP contribution in [0.3, 0.4) is 0 Å². The van der Waals surface area contributed by atoms with Crippen LogP contribution in [0.2, 0.25) is 0 Å². The first-order valence-corrected chi connectivity index (χ1v) is 9.12. The van der Waals surface area contributed by atoms with Gasteiger partial charge in [0.1, 0.15) is 18.1 Å². The molecule has 2 atom stereocenters. The van der Waals surface area contributed by atoms with Crippen LogP contribution in [0.1, 0.15) is 24.4 Å². The Morgan fingerprint density at radius 1 is 1.11 bits per heavy atom. The van der Waals surface area contributed by atoms with Gasteiger partial charge in [0.05, 0.1) is 20.3 Å². The number of rotatable bonds is 4. The van der Waals surface area contributed by atoms with E-state index in [2.05, 4.69) is 0 Å². The molecule has 0 saturated carbocycles. The smallest absolute Gasteiger partial charge is 0.267 e. The summed E-state index contributed by atoms with van der Waals surface area (Å²) in [4.78, 5) is 15.1. The van der Waals surface area contributed by atoms with E-state index in [-0.39, 0.29) is 18.6 Å². The molecule has 2 aliphatic heterocycles. The number of carbonyl (C=O) groups is 1. The van der Waals surface area contributed by atoms with Gasteiger partial charge in [-0.2, -0.15) is 0 Å². The molecule has 6 heteroatoms. The van der Waals surface area contributed by atoms with Crippen molar-refractivity contribution in [2.75, 3.05) is 27.4 Å². The van der Waals surface area contributed by atoms with E-state index in [4.69, 9.17) is 18.9 Å². The second-order valence-corrected chi connectivity index (χ2v) is 6.66. The summed E-state index contributed by atoms with van der Waals surface area (Å²) >= 11 is 0. The highest BCUT2D eigenvalue weighted by atomic mass is 16.6. The molecule has 2 aromatic carbocycles. The fraction of sp³-hybridized carbons (Fsp3) is 0.381. The Kier molecular flexibility index (Phi) is 4.79. The number of hydrogen-bond donors (Lipinski definition) is 0. The van der Waals surface area contributed by atoms with E-state index in [1.807, 2.05) is 47.4 Å². The van der Waals surface area contributed by atoms with Crippen LogP contribution in [0.15, 0.2) is 42.5 Å². The molecule has 4 rings (SSSR count). The van der Waals surface area contributed by atoms with E-state index >= 15 is 0 Å². The molecule has 0 spiro atoms. The average Bonchev–Trinajstić information content (AvgIpc) is 3.21. The zero-order valence-corrected chi connectivity index (χ0v) is 15.5. The van der Waals surface area contributed by atoms with E-state index in [1.54, 1.807) is 14.2 Å². The van der Waals surface area contributed by atoms with E-state index < -0.39 is 6.10 Å². The standard InChI is InChI=1S/C21H23NO5/c1-24-14-9-10-15(19(12-14)25-2)16-6-5-11-22(16)21(23)20-13-26-17-7-3-4-8-18(17)27-20/h3-4,7-10,12,16,20H,5-6,11,13H2,1-2H3/t16-,20+/m0/s1. The normalized spacial score (nSPS) is 21.0. The van der Waals surface area contributed by atoms with Gasteiger partial charge in [0.25, 0.3) is 5.91 Å². The molecule has 0 aromatic heterocycles. The third-order valence-electron chi connectivity index (χ3n) is 5.12. The predicted molar refractivity (Wildman–Crippen MR) is 99.6 cm³/mol. The molecule has 2 aliphatic rings. The maximum absolute atomic E-state index is 13.2. The van der Waals surface area contributed by atoms with Gasteiger partial charge >= 0.3 is 0 Å². The van der Waals surface area contributed by atoms with Gasteiger partial charge in [0.2, 0.25) is 6.10 Å². The van der Waals surface area contributed by atoms with E-state index in [1.165, 1.54) is 0 Å². The zero-order chi connectivity index (χ0) is 18.8. The van der Waals surface area contributed by atoms with Gasteiger partial charge < -0.3 is 23.8 Å². The molecular weight excluding hydrogens is 346 g/mol. The lowest BCUT2D eigenvalue weighted by Gasteiger charge is -2.32. The fourth-order valence-corrected chi connectivity index (χ4v) is 3.77. The summed E-state index contributed by atoms with van der Waals surface area (Å²) in [5, 5.41) is 0. The topological polar surface area (TPSA) is 57.2 Å². The summed E-state index contributed by atoms with van der Waals surface area (Å²) in [7, 11) is 3.26. The summed E-state index contributed by atoms with van der Waals surface area (Å²) < 4.78 is 22.5. The molecule has 6 nitrogen and oxygen atoms in total. The van der Waals surface area contributed by atoms with Gasteiger partial charge in [0, 0.05) is 18.2 Å². The second kappa shape index (κ2) is 7.39. The van der Waals surface area contributed by atoms with Crippen molar-refractivity contribution < 1.29 is 23.7 Å². The number of hydrogen-bond acceptors (Lipinski definition) is 5. The zero-order valence-electron chi connectivity index (χ0n) is 15.5. The number of nitrogens with zero attached hydrogens (tertiary/aromatic N) is 1. The van der Waals surface area contributed by atoms with Crippen LogP contribution in [0.5, 0.6) is 23.0 Å². The van der Waals surface area contributed by atoms with Crippen molar-refractivity contribution in [1.82, 2.24) is 4.90 Å². The Hall–Kier alpha value is -2.89. The van der Waals surface area contributed by atoms with Gasteiger partial charge in [0.15, 0.2) is 11.5 Å². The number of para-hydroxylation sites is 2. The van der Waals surface area contributed by atoms with Crippen molar-refractivity contribution in [2.24, 2.45) is 0 Å². The Labute approximate surface area is 158 Å². The van der Waals surface area contributed by atoms with Crippen molar-refractivity contribution in [3.8, 4) is 23.0 Å². The van der Waals surface area contributed by atoms with Gasteiger partial charge in [-0.1, -0.05) is 12.1 Å². The average molecular weight is 369 g/mol. The molecule has 142 valence electrons. The minimum absolute atomic E-state index is 0.0425. The third-order valence-corrected chi connectivity index (χ3v) is 5.12. The molecule has 2 heterocycles. The lowest BCUT2D eigenvalue weighted by molar-refractivity contribution is -0.142. The Morgan fingerprint density at radius 3 is 2.70 bits per heavy atom. The van der Waals surface area contributed by atoms with E-state index in [0.29, 0.717) is 18.0 Å². The maximum Gasteiger partial charge on any atom is 0.267 e. The van der Waals surface area contributed by atoms with Crippen LogP contribution >= 0.6 is 0 Å². The van der Waals surface area contributed by atoms with Crippen LogP contribution < -0.4 is 18.9 Å². The lowest BCUT2D eigenvalue weighted by atomic mass is 10.0. The van der Waals surface area contributed by atoms with E-state index in [0.717, 1.165) is 29.9 Å². The van der Waals surface area contributed by atoms with Crippen molar-refractivity contribution in [2.45, 2.75) is 25.0 Å². The summed E-state index contributed by atoms with van der Waals surface area (Å²) in [5.41, 5.74) is 0.987. The van der Waals surface area contributed by atoms with Crippen molar-refractivity contribution in [1.29, 1.82) is 0 Å². The minimum Gasteiger partial charge on any atom is -0.497 e. The highest BCUT2D eigenvalue weighted by Crippen LogP contribution is 2.40. The van der Waals surface area contributed by atoms with Crippen molar-refractivity contribution in [3.63, 3.8) is 0 Å². The molecular formula is C21H23NO5. The monoisotopic (exact) mass is 369 g/mol. The molecule has 27 heavy (non-hydrogen) atoms. The predicted octanol–water partition coefficient (Wildman–Crippen LogP) is 3.21. The van der Waals surface area contributed by atoms with Crippen LogP contribution in [-0.2, 0) is 4.79 Å². The first-order valence-electron chi connectivity index (χ1n) is 9.12. The highest BCUT2D eigenvalue weighted by Gasteiger charge is 2.38. The molecule has 1 fully saturated rings. The van der Waals surface area contributed by atoms with Gasteiger partial charge in [-0.25, -0.2) is 0 Å². The summed E-state index contributed by atoms with van der Waals surface area (Å²) in [6.07, 6.45) is 1.19. The first kappa shape index (κ1) is 17.5. The molecule has 1 saturated heterocycles. The van der Waals surface area contributed by atoms with Crippen molar-refractivity contribution >= 4 is 5.91 Å². The number of fused-ring (bicyclic) bond motifs is 1. The highest BCUT2D eigenvalue weighted by molar-refractivity contribution is 5.82. The molecule has 0 bridgehead atoms. The fourth-order valence-electron chi connectivity index (χ4n) is 3.77. The SMILES string of the molecule is COc1ccc([C@@H]2CCCN2C(=O)[C@H]2COc3ccccc3O2)c(OC)c1. The van der Waals surface area contributed by atoms with Gasteiger partial charge in [-0.05, 0) is 37.1 Å². The molecule has 2 aromatic rings. The Balaban J connectivity index is 1.56. The summed E-state index contributed by atoms with van der Waals surface area (Å²) in [6.45, 7) is 0.916. The third kappa shape index (κ3) is 3.27. The Bertz CT molecular complexity index is 837. The number of likely N-dealkylation sites (tertiary alicyclic amines) is 1. The van der Waals surface area contributed by atoms with Gasteiger partial charge in [-0.15, -0.1) is 0 Å². The van der Waals surface area contributed by atoms with Crippen molar-refractivity contribution in [3.05, 3.63) is 48.0 Å². The van der Waals surface area contributed by atoms with Crippen LogP contribution in [-0.4, -0.2) is 44.3 Å². The van der Waals surface area contributed by atoms with Crippen LogP contribution in [0.25, 0.3) is 0 Å². The number of methoxy groups -OCH3 is 2. The number of ether oxygens (including phenoxy) is 4. The summed E-state index contributed by atoms with van der Waals surface area (Å²) in [6, 6.07) is 13.1. The number of amides is 1. The molecule has 0 N–H and O–H groups in total. The minimum atomic E-state index is -0.634. The maximum atomic E-state index is 13.2. The second-order valence-electron chi connectivity index (χ2n) is 6.66. The Morgan fingerprint density at radius 2 is 1.93 bits per heavy atom. The van der Waals surface area contributed by atoms with Gasteiger partial charge in [-0.3, -0.25) is 4.79 Å². The number of benzene rings is 2. The largest absolute Gasteiger partial charge is 0.497 e. The molecule has 0 aliphatic carbocycles. The lowest BCUT2D eigenvalue weighted by Crippen LogP contribution is -2.46. The van der Waals surface area contributed by atoms with Crippen LogP contribution in [0.4, 0.5) is 0 Å². The molecule has 1 amide bonds. The van der Waals surface area contributed by atoms with Crippen LogP contribution in [0, 0.1) is 0 Å². The molecule has 0 unspecified atom stereocenters. The summed E-state index contributed by atoms with van der Waals surface area (Å²) in [5.74, 6) is 2.69. The number of carbonyl (C=O) groups excluding carboxylic acids is 1. The quantitative estimate of drug-likeness (QED) is 0.828. The van der Waals surface area contributed by atoms with E-state index in [9.17, 15) is 4.79 Å². The first-order chi connectivity index (χ1) is 13.2.